The zero-order valence-electron chi connectivity index (χ0n) is 14.7. The van der Waals surface area contributed by atoms with Crippen LogP contribution in [0.4, 0.5) is 5.69 Å². The maximum atomic E-state index is 12.0. The largest absolute Gasteiger partial charge is 0.496 e. The van der Waals surface area contributed by atoms with Crippen molar-refractivity contribution >= 4 is 40.8 Å². The number of anilines is 1. The predicted octanol–water partition coefficient (Wildman–Crippen LogP) is 3.85. The SMILES string of the molecule is COc1ccccc1[C@@H]1C[C@@H](C(=O)O)N(NC(C)=O)c2cc(Cl)cc(Cl)c21. The molecule has 1 heterocycles. The molecule has 1 aliphatic heterocycles. The number of ether oxygens (including phenoxy) is 1. The molecule has 1 aliphatic rings. The number of aliphatic carboxylic acids is 1. The number of para-hydroxylation sites is 1. The van der Waals surface area contributed by atoms with E-state index in [1.54, 1.807) is 19.2 Å². The molecule has 0 unspecified atom stereocenters. The van der Waals surface area contributed by atoms with E-state index in [1.165, 1.54) is 11.9 Å². The van der Waals surface area contributed by atoms with Gasteiger partial charge in [-0.05, 0) is 24.6 Å². The number of halogens is 2. The molecule has 0 saturated heterocycles. The van der Waals surface area contributed by atoms with E-state index in [4.69, 9.17) is 27.9 Å². The lowest BCUT2D eigenvalue weighted by molar-refractivity contribution is -0.139. The van der Waals surface area contributed by atoms with Gasteiger partial charge in [-0.25, -0.2) is 4.79 Å². The number of hydrogen-bond acceptors (Lipinski definition) is 4. The molecule has 0 spiro atoms. The highest BCUT2D eigenvalue weighted by Crippen LogP contribution is 2.48. The van der Waals surface area contributed by atoms with Gasteiger partial charge in [-0.1, -0.05) is 41.4 Å². The molecule has 142 valence electrons. The Kier molecular flexibility index (Phi) is 5.48. The molecule has 0 fully saturated rings. The van der Waals surface area contributed by atoms with Crippen LogP contribution in [0.15, 0.2) is 36.4 Å². The predicted molar refractivity (Wildman–Crippen MR) is 104 cm³/mol. The van der Waals surface area contributed by atoms with Crippen molar-refractivity contribution in [2.45, 2.75) is 25.3 Å². The highest BCUT2D eigenvalue weighted by Gasteiger charge is 2.40. The summed E-state index contributed by atoms with van der Waals surface area (Å²) in [6, 6.07) is 9.62. The molecule has 2 aromatic rings. The third-order valence-electron chi connectivity index (χ3n) is 4.53. The van der Waals surface area contributed by atoms with Crippen LogP contribution in [0.3, 0.4) is 0 Å². The third kappa shape index (κ3) is 3.68. The van der Waals surface area contributed by atoms with E-state index < -0.39 is 12.0 Å². The topological polar surface area (TPSA) is 78.9 Å². The maximum Gasteiger partial charge on any atom is 0.328 e. The van der Waals surface area contributed by atoms with Gasteiger partial charge in [-0.3, -0.25) is 15.2 Å². The molecule has 0 bridgehead atoms. The van der Waals surface area contributed by atoms with E-state index in [2.05, 4.69) is 5.43 Å². The van der Waals surface area contributed by atoms with Crippen LogP contribution in [0.5, 0.6) is 5.75 Å². The van der Waals surface area contributed by atoms with Gasteiger partial charge in [0, 0.05) is 34.0 Å². The number of nitrogens with one attached hydrogen (secondary N) is 1. The minimum Gasteiger partial charge on any atom is -0.496 e. The number of carbonyl (C=O) groups is 2. The summed E-state index contributed by atoms with van der Waals surface area (Å²) in [4.78, 5) is 23.6. The highest BCUT2D eigenvalue weighted by atomic mass is 35.5. The summed E-state index contributed by atoms with van der Waals surface area (Å²) in [5, 5.41) is 11.9. The summed E-state index contributed by atoms with van der Waals surface area (Å²) < 4.78 is 5.46. The van der Waals surface area contributed by atoms with E-state index in [9.17, 15) is 14.7 Å². The van der Waals surface area contributed by atoms with E-state index in [0.29, 0.717) is 27.0 Å². The van der Waals surface area contributed by atoms with Crippen molar-refractivity contribution in [2.75, 3.05) is 12.1 Å². The molecule has 8 heteroatoms. The van der Waals surface area contributed by atoms with Crippen LogP contribution < -0.4 is 15.2 Å². The number of carbonyl (C=O) groups excluding carboxylic acids is 1. The Hall–Kier alpha value is -2.44. The molecule has 6 nitrogen and oxygen atoms in total. The number of nitrogens with zero attached hydrogens (tertiary/aromatic N) is 1. The molecule has 0 aliphatic carbocycles. The van der Waals surface area contributed by atoms with E-state index in [0.717, 1.165) is 5.56 Å². The normalized spacial score (nSPS) is 18.6. The average molecular weight is 409 g/mol. The van der Waals surface area contributed by atoms with Gasteiger partial charge < -0.3 is 9.84 Å². The van der Waals surface area contributed by atoms with Crippen LogP contribution in [-0.4, -0.2) is 30.1 Å². The number of benzene rings is 2. The van der Waals surface area contributed by atoms with Crippen LogP contribution in [0.1, 0.15) is 30.4 Å². The standard InChI is InChI=1S/C19H18Cl2N2O4/c1-10(24)22-23-15-8-11(20)7-14(21)18(15)13(9-16(23)19(25)26)12-5-3-4-6-17(12)27-2/h3-8,13,16H,9H2,1-2H3,(H,22,24)(H,25,26)/t13-,16-/m0/s1. The molecule has 0 radical (unpaired) electrons. The highest BCUT2D eigenvalue weighted by molar-refractivity contribution is 6.35. The summed E-state index contributed by atoms with van der Waals surface area (Å²) in [6.07, 6.45) is 0.199. The summed E-state index contributed by atoms with van der Waals surface area (Å²) >= 11 is 12.7. The minimum absolute atomic E-state index is 0.199. The third-order valence-corrected chi connectivity index (χ3v) is 5.06. The molecule has 0 aromatic heterocycles. The zero-order chi connectivity index (χ0) is 19.7. The summed E-state index contributed by atoms with van der Waals surface area (Å²) in [5.74, 6) is -1.16. The van der Waals surface area contributed by atoms with Crippen LogP contribution in [-0.2, 0) is 9.59 Å². The van der Waals surface area contributed by atoms with E-state index >= 15 is 0 Å². The maximum absolute atomic E-state index is 12.0. The van der Waals surface area contributed by atoms with Gasteiger partial charge in [0.05, 0.1) is 12.8 Å². The Morgan fingerprint density at radius 2 is 1.96 bits per heavy atom. The van der Waals surface area contributed by atoms with Gasteiger partial charge in [0.1, 0.15) is 11.8 Å². The second-order valence-electron chi connectivity index (χ2n) is 6.24. The van der Waals surface area contributed by atoms with Gasteiger partial charge in [-0.2, -0.15) is 0 Å². The first-order chi connectivity index (χ1) is 12.8. The lowest BCUT2D eigenvalue weighted by Gasteiger charge is -2.40. The Bertz CT molecular complexity index is 903. The molecule has 2 N–H and O–H groups in total. The molecule has 1 amide bonds. The summed E-state index contributed by atoms with van der Waals surface area (Å²) in [5.41, 5.74) is 4.56. The summed E-state index contributed by atoms with van der Waals surface area (Å²) in [6.45, 7) is 1.32. The Morgan fingerprint density at radius 3 is 2.59 bits per heavy atom. The molecular formula is C19H18Cl2N2O4. The van der Waals surface area contributed by atoms with Crippen molar-refractivity contribution in [3.63, 3.8) is 0 Å². The quantitative estimate of drug-likeness (QED) is 0.802. The second-order valence-corrected chi connectivity index (χ2v) is 7.09. The molecule has 2 aromatic carbocycles. The van der Waals surface area contributed by atoms with Gasteiger partial charge in [-0.15, -0.1) is 0 Å². The van der Waals surface area contributed by atoms with Crippen LogP contribution in [0.2, 0.25) is 10.0 Å². The monoisotopic (exact) mass is 408 g/mol. The fourth-order valence-electron chi connectivity index (χ4n) is 3.49. The van der Waals surface area contributed by atoms with Crippen LogP contribution >= 0.6 is 23.2 Å². The van der Waals surface area contributed by atoms with Gasteiger partial charge >= 0.3 is 5.97 Å². The first-order valence-corrected chi connectivity index (χ1v) is 9.00. The Labute approximate surface area is 166 Å². The summed E-state index contributed by atoms with van der Waals surface area (Å²) in [7, 11) is 1.56. The molecular weight excluding hydrogens is 391 g/mol. The van der Waals surface area contributed by atoms with Gasteiger partial charge in [0.25, 0.3) is 0 Å². The van der Waals surface area contributed by atoms with Crippen molar-refractivity contribution in [2.24, 2.45) is 0 Å². The fraction of sp³-hybridized carbons (Fsp3) is 0.263. The number of hydrazine groups is 1. The second kappa shape index (κ2) is 7.66. The Balaban J connectivity index is 2.25. The zero-order valence-corrected chi connectivity index (χ0v) is 16.2. The molecule has 27 heavy (non-hydrogen) atoms. The average Bonchev–Trinajstić information content (AvgIpc) is 2.61. The number of amides is 1. The van der Waals surface area contributed by atoms with Crippen molar-refractivity contribution in [1.82, 2.24) is 5.43 Å². The van der Waals surface area contributed by atoms with Gasteiger partial charge in [0.15, 0.2) is 0 Å². The fourth-order valence-corrected chi connectivity index (χ4v) is 4.10. The molecule has 3 rings (SSSR count). The number of rotatable bonds is 4. The number of carboxylic acids is 1. The van der Waals surface area contributed by atoms with Crippen molar-refractivity contribution < 1.29 is 19.4 Å². The molecule has 2 atom stereocenters. The number of methoxy groups -OCH3 is 1. The van der Waals surface area contributed by atoms with Crippen molar-refractivity contribution in [1.29, 1.82) is 0 Å². The van der Waals surface area contributed by atoms with Crippen molar-refractivity contribution in [3.8, 4) is 5.75 Å². The first-order valence-electron chi connectivity index (χ1n) is 8.24. The Morgan fingerprint density at radius 1 is 1.26 bits per heavy atom. The van der Waals surface area contributed by atoms with Crippen molar-refractivity contribution in [3.05, 3.63) is 57.6 Å². The number of hydrogen-bond donors (Lipinski definition) is 2. The number of carboxylic acid groups (broad SMARTS) is 1. The minimum atomic E-state index is -1.06. The van der Waals surface area contributed by atoms with Crippen LogP contribution in [0, 0.1) is 0 Å². The molecule has 0 saturated carbocycles. The lowest BCUT2D eigenvalue weighted by Crippen LogP contribution is -2.54. The number of fused-ring (bicyclic) bond motifs is 1. The van der Waals surface area contributed by atoms with Crippen LogP contribution in [0.25, 0.3) is 0 Å². The van der Waals surface area contributed by atoms with E-state index in [1.807, 2.05) is 24.3 Å². The van der Waals surface area contributed by atoms with Gasteiger partial charge in [0.2, 0.25) is 5.91 Å². The first kappa shape index (κ1) is 19.3. The smallest absolute Gasteiger partial charge is 0.328 e. The van der Waals surface area contributed by atoms with E-state index in [-0.39, 0.29) is 18.2 Å². The lowest BCUT2D eigenvalue weighted by atomic mass is 9.81.